The average molecular weight is 407 g/mol. The SMILES string of the molecule is CONC(=O)CCC/C=C\CC1C2CCC(C2)C1NS(=O)(=O)c1ccccc1. The highest BCUT2D eigenvalue weighted by Gasteiger charge is 2.48. The molecule has 2 aliphatic carbocycles. The van der Waals surface area contributed by atoms with E-state index in [4.69, 9.17) is 0 Å². The third-order valence-electron chi connectivity index (χ3n) is 6.00. The molecule has 154 valence electrons. The predicted molar refractivity (Wildman–Crippen MR) is 108 cm³/mol. The summed E-state index contributed by atoms with van der Waals surface area (Å²) >= 11 is 0. The minimum atomic E-state index is -3.48. The van der Waals surface area contributed by atoms with E-state index in [1.807, 2.05) is 6.07 Å². The highest BCUT2D eigenvalue weighted by atomic mass is 32.2. The summed E-state index contributed by atoms with van der Waals surface area (Å²) in [7, 11) is -2.06. The van der Waals surface area contributed by atoms with Crippen molar-refractivity contribution in [1.29, 1.82) is 0 Å². The fraction of sp³-hybridized carbons (Fsp3) is 0.571. The van der Waals surface area contributed by atoms with Gasteiger partial charge in [0.05, 0.1) is 12.0 Å². The first-order valence-electron chi connectivity index (χ1n) is 10.1. The van der Waals surface area contributed by atoms with Crippen LogP contribution in [0.5, 0.6) is 0 Å². The van der Waals surface area contributed by atoms with Crippen molar-refractivity contribution in [2.75, 3.05) is 7.11 Å². The maximum atomic E-state index is 12.8. The van der Waals surface area contributed by atoms with E-state index in [2.05, 4.69) is 27.2 Å². The first-order valence-corrected chi connectivity index (χ1v) is 11.5. The summed E-state index contributed by atoms with van der Waals surface area (Å²) in [5.74, 6) is 1.29. The highest BCUT2D eigenvalue weighted by molar-refractivity contribution is 7.89. The molecular weight excluding hydrogens is 376 g/mol. The van der Waals surface area contributed by atoms with Crippen molar-refractivity contribution >= 4 is 15.9 Å². The summed E-state index contributed by atoms with van der Waals surface area (Å²) in [6, 6.07) is 8.63. The number of nitrogens with one attached hydrogen (secondary N) is 2. The van der Waals surface area contributed by atoms with Crippen LogP contribution in [0.3, 0.4) is 0 Å². The van der Waals surface area contributed by atoms with Gasteiger partial charge in [0.15, 0.2) is 0 Å². The predicted octanol–water partition coefficient (Wildman–Crippen LogP) is 3.17. The zero-order valence-electron chi connectivity index (χ0n) is 16.3. The molecular formula is C21H30N2O4S. The molecule has 0 spiro atoms. The second-order valence-electron chi connectivity index (χ2n) is 7.79. The minimum Gasteiger partial charge on any atom is -0.277 e. The average Bonchev–Trinajstić information content (AvgIpc) is 3.27. The zero-order valence-corrected chi connectivity index (χ0v) is 17.2. The van der Waals surface area contributed by atoms with Crippen molar-refractivity contribution in [2.45, 2.75) is 55.9 Å². The van der Waals surface area contributed by atoms with Gasteiger partial charge in [0.1, 0.15) is 0 Å². The van der Waals surface area contributed by atoms with Gasteiger partial charge in [0.25, 0.3) is 0 Å². The van der Waals surface area contributed by atoms with E-state index >= 15 is 0 Å². The van der Waals surface area contributed by atoms with E-state index in [0.29, 0.717) is 29.1 Å². The van der Waals surface area contributed by atoms with Crippen LogP contribution in [0.25, 0.3) is 0 Å². The van der Waals surface area contributed by atoms with E-state index in [0.717, 1.165) is 32.1 Å². The Kier molecular flexibility index (Phi) is 7.26. The van der Waals surface area contributed by atoms with E-state index in [-0.39, 0.29) is 11.9 Å². The number of carbonyl (C=O) groups is 1. The third kappa shape index (κ3) is 5.21. The van der Waals surface area contributed by atoms with Crippen molar-refractivity contribution < 1.29 is 18.0 Å². The van der Waals surface area contributed by atoms with E-state index in [1.165, 1.54) is 13.5 Å². The van der Waals surface area contributed by atoms with Crippen LogP contribution in [0, 0.1) is 17.8 Å². The van der Waals surface area contributed by atoms with Gasteiger partial charge in [-0.15, -0.1) is 0 Å². The molecule has 6 nitrogen and oxygen atoms in total. The summed E-state index contributed by atoms with van der Waals surface area (Å²) in [5.41, 5.74) is 2.31. The number of hydrogen-bond acceptors (Lipinski definition) is 4. The summed E-state index contributed by atoms with van der Waals surface area (Å²) in [6.45, 7) is 0. The van der Waals surface area contributed by atoms with Crippen LogP contribution in [-0.2, 0) is 19.7 Å². The highest BCUT2D eigenvalue weighted by Crippen LogP contribution is 2.50. The smallest absolute Gasteiger partial charge is 0.243 e. The Morgan fingerprint density at radius 2 is 1.93 bits per heavy atom. The molecule has 0 radical (unpaired) electrons. The maximum absolute atomic E-state index is 12.8. The van der Waals surface area contributed by atoms with Gasteiger partial charge in [-0.3, -0.25) is 9.63 Å². The molecule has 1 amide bonds. The fourth-order valence-corrected chi connectivity index (χ4v) is 6.07. The van der Waals surface area contributed by atoms with Crippen molar-refractivity contribution in [2.24, 2.45) is 17.8 Å². The second-order valence-corrected chi connectivity index (χ2v) is 9.50. The van der Waals surface area contributed by atoms with Gasteiger partial charge >= 0.3 is 0 Å². The number of benzene rings is 1. The lowest BCUT2D eigenvalue weighted by atomic mass is 9.83. The van der Waals surface area contributed by atoms with Crippen LogP contribution in [-0.4, -0.2) is 27.5 Å². The maximum Gasteiger partial charge on any atom is 0.243 e. The first-order chi connectivity index (χ1) is 13.5. The molecule has 4 unspecified atom stereocenters. The van der Waals surface area contributed by atoms with Crippen LogP contribution in [0.1, 0.15) is 44.9 Å². The molecule has 7 heteroatoms. The Hall–Kier alpha value is -1.70. The molecule has 4 atom stereocenters. The second kappa shape index (κ2) is 9.67. The Morgan fingerprint density at radius 3 is 2.68 bits per heavy atom. The third-order valence-corrected chi connectivity index (χ3v) is 7.47. The lowest BCUT2D eigenvalue weighted by Crippen LogP contribution is -2.43. The summed E-state index contributed by atoms with van der Waals surface area (Å²) in [5, 5.41) is 0. The Morgan fingerprint density at radius 1 is 1.18 bits per heavy atom. The topological polar surface area (TPSA) is 84.5 Å². The molecule has 2 N–H and O–H groups in total. The number of unbranched alkanes of at least 4 members (excludes halogenated alkanes) is 1. The molecule has 2 bridgehead atoms. The van der Waals surface area contributed by atoms with Gasteiger partial charge in [-0.25, -0.2) is 18.6 Å². The van der Waals surface area contributed by atoms with Crippen molar-refractivity contribution in [1.82, 2.24) is 10.2 Å². The van der Waals surface area contributed by atoms with Gasteiger partial charge in [0.2, 0.25) is 15.9 Å². The Labute approximate surface area is 167 Å². The number of amides is 1. The number of carbonyl (C=O) groups excluding carboxylic acids is 1. The van der Waals surface area contributed by atoms with Crippen LogP contribution in [0.2, 0.25) is 0 Å². The Bertz CT molecular complexity index is 779. The molecule has 0 aliphatic heterocycles. The van der Waals surface area contributed by atoms with Gasteiger partial charge in [-0.2, -0.15) is 0 Å². The molecule has 2 fully saturated rings. The summed E-state index contributed by atoms with van der Waals surface area (Å²) in [4.78, 5) is 16.3. The molecule has 0 heterocycles. The number of fused-ring (bicyclic) bond motifs is 2. The number of hydroxylamine groups is 1. The lowest BCUT2D eigenvalue weighted by molar-refractivity contribution is -0.131. The van der Waals surface area contributed by atoms with Crippen LogP contribution >= 0.6 is 0 Å². The standard InChI is InChI=1S/C21H30N2O4S/c1-27-22-20(24)12-8-3-2-7-11-19-16-13-14-17(15-16)21(19)23-28(25,26)18-9-5-4-6-10-18/h2,4-7,9-10,16-17,19,21,23H,3,8,11-15H2,1H3,(H,22,24)/b7-2-. The molecule has 3 rings (SSSR count). The largest absolute Gasteiger partial charge is 0.277 e. The van der Waals surface area contributed by atoms with Crippen LogP contribution in [0.15, 0.2) is 47.4 Å². The van der Waals surface area contributed by atoms with Crippen LogP contribution in [0.4, 0.5) is 0 Å². The zero-order chi connectivity index (χ0) is 20.0. The van der Waals surface area contributed by atoms with E-state index in [1.54, 1.807) is 24.3 Å². The van der Waals surface area contributed by atoms with Gasteiger partial charge in [-0.1, -0.05) is 30.4 Å². The fourth-order valence-electron chi connectivity index (χ4n) is 4.70. The van der Waals surface area contributed by atoms with Crippen LogP contribution < -0.4 is 10.2 Å². The van der Waals surface area contributed by atoms with Gasteiger partial charge < -0.3 is 0 Å². The number of allylic oxidation sites excluding steroid dienone is 2. The molecule has 2 saturated carbocycles. The Balaban J connectivity index is 1.53. The normalized spacial score (nSPS) is 26.8. The monoisotopic (exact) mass is 406 g/mol. The minimum absolute atomic E-state index is 0.0149. The molecule has 2 aliphatic rings. The van der Waals surface area contributed by atoms with Crippen molar-refractivity contribution in [3.8, 4) is 0 Å². The molecule has 0 saturated heterocycles. The van der Waals surface area contributed by atoms with Crippen molar-refractivity contribution in [3.05, 3.63) is 42.5 Å². The molecule has 28 heavy (non-hydrogen) atoms. The van der Waals surface area contributed by atoms with Crippen molar-refractivity contribution in [3.63, 3.8) is 0 Å². The molecule has 1 aromatic carbocycles. The van der Waals surface area contributed by atoms with E-state index < -0.39 is 10.0 Å². The quantitative estimate of drug-likeness (QED) is 0.355. The summed E-state index contributed by atoms with van der Waals surface area (Å²) < 4.78 is 28.5. The first kappa shape index (κ1) is 21.0. The van der Waals surface area contributed by atoms with E-state index in [9.17, 15) is 13.2 Å². The number of hydrogen-bond donors (Lipinski definition) is 2. The van der Waals surface area contributed by atoms with Gasteiger partial charge in [-0.05, 0) is 68.4 Å². The van der Waals surface area contributed by atoms with Gasteiger partial charge in [0, 0.05) is 12.5 Å². The molecule has 0 aromatic heterocycles. The number of rotatable bonds is 10. The molecule has 1 aromatic rings. The number of sulfonamides is 1. The lowest BCUT2D eigenvalue weighted by Gasteiger charge is -2.31. The summed E-state index contributed by atoms with van der Waals surface area (Å²) in [6.07, 6.45) is 10.6.